The molecule has 2 aliphatic heterocycles. The summed E-state index contributed by atoms with van der Waals surface area (Å²) in [5, 5.41) is 0. The summed E-state index contributed by atoms with van der Waals surface area (Å²) in [6.07, 6.45) is 7.08. The number of amides is 1. The van der Waals surface area contributed by atoms with Gasteiger partial charge in [-0.3, -0.25) is 9.69 Å². The Balaban J connectivity index is 1.19. The van der Waals surface area contributed by atoms with Crippen LogP contribution in [0.15, 0.2) is 29.8 Å². The van der Waals surface area contributed by atoms with Gasteiger partial charge in [-0.05, 0) is 75.6 Å². The van der Waals surface area contributed by atoms with E-state index >= 15 is 0 Å². The standard InChI is InChI=1S/C25H33N3O2S/c1-18-24(31-17-26-18)25(29)28(16-23-7-4-12-30-23)15-19-8-10-27(11-9-19)22-13-20-5-2-3-6-21(20)14-22/h2-3,5-6,17,19,22-23H,4,7-16H2,1H3/t23-/m1/s1. The summed E-state index contributed by atoms with van der Waals surface area (Å²) in [4.78, 5) is 23.2. The average molecular weight is 440 g/mol. The second-order valence-corrected chi connectivity index (χ2v) is 10.3. The van der Waals surface area contributed by atoms with E-state index in [9.17, 15) is 4.79 Å². The van der Waals surface area contributed by atoms with Crippen molar-refractivity contribution >= 4 is 17.2 Å². The summed E-state index contributed by atoms with van der Waals surface area (Å²) < 4.78 is 5.87. The summed E-state index contributed by atoms with van der Waals surface area (Å²) >= 11 is 1.47. The molecule has 1 aliphatic carbocycles. The normalized spacial score (nSPS) is 22.7. The number of aromatic nitrogens is 1. The number of carbonyl (C=O) groups is 1. The molecule has 3 aliphatic rings. The van der Waals surface area contributed by atoms with Crippen LogP contribution in [0, 0.1) is 12.8 Å². The Morgan fingerprint density at radius 1 is 1.16 bits per heavy atom. The molecule has 1 aromatic carbocycles. The fraction of sp³-hybridized carbons (Fsp3) is 0.600. The molecule has 2 aromatic rings. The van der Waals surface area contributed by atoms with Crippen molar-refractivity contribution in [3.05, 3.63) is 51.5 Å². The molecule has 3 heterocycles. The summed E-state index contributed by atoms with van der Waals surface area (Å²) in [5.74, 6) is 0.711. The number of benzene rings is 1. The molecule has 166 valence electrons. The first-order valence-electron chi connectivity index (χ1n) is 11.8. The number of likely N-dealkylation sites (tertiary alicyclic amines) is 1. The third kappa shape index (κ3) is 4.71. The second-order valence-electron chi connectivity index (χ2n) is 9.42. The van der Waals surface area contributed by atoms with Gasteiger partial charge in [0.2, 0.25) is 0 Å². The third-order valence-electron chi connectivity index (χ3n) is 7.35. The van der Waals surface area contributed by atoms with Crippen LogP contribution in [0.1, 0.15) is 52.2 Å². The molecule has 6 heteroatoms. The first-order valence-corrected chi connectivity index (χ1v) is 12.7. The van der Waals surface area contributed by atoms with Crippen LogP contribution in [-0.2, 0) is 17.6 Å². The Bertz CT molecular complexity index is 875. The van der Waals surface area contributed by atoms with Gasteiger partial charge >= 0.3 is 0 Å². The zero-order valence-electron chi connectivity index (χ0n) is 18.5. The number of nitrogens with zero attached hydrogens (tertiary/aromatic N) is 3. The van der Waals surface area contributed by atoms with Gasteiger partial charge in [-0.2, -0.15) is 0 Å². The van der Waals surface area contributed by atoms with E-state index in [4.69, 9.17) is 4.74 Å². The van der Waals surface area contributed by atoms with Crippen LogP contribution in [0.5, 0.6) is 0 Å². The van der Waals surface area contributed by atoms with Crippen LogP contribution in [0.3, 0.4) is 0 Å². The Labute approximate surface area is 189 Å². The van der Waals surface area contributed by atoms with E-state index in [0.717, 1.165) is 49.7 Å². The average Bonchev–Trinajstić information content (AvgIpc) is 3.54. The molecule has 31 heavy (non-hydrogen) atoms. The van der Waals surface area contributed by atoms with Gasteiger partial charge in [0.15, 0.2) is 0 Å². The monoisotopic (exact) mass is 439 g/mol. The summed E-state index contributed by atoms with van der Waals surface area (Å²) in [6, 6.07) is 9.56. The predicted octanol–water partition coefficient (Wildman–Crippen LogP) is 3.95. The minimum atomic E-state index is 0.143. The van der Waals surface area contributed by atoms with Gasteiger partial charge in [0.25, 0.3) is 5.91 Å². The van der Waals surface area contributed by atoms with Gasteiger partial charge in [0.05, 0.1) is 17.3 Å². The van der Waals surface area contributed by atoms with Gasteiger partial charge in [0, 0.05) is 25.7 Å². The van der Waals surface area contributed by atoms with Gasteiger partial charge in [-0.1, -0.05) is 24.3 Å². The Hall–Kier alpha value is -1.76. The predicted molar refractivity (Wildman–Crippen MR) is 124 cm³/mol. The van der Waals surface area contributed by atoms with Crippen molar-refractivity contribution in [3.8, 4) is 0 Å². The summed E-state index contributed by atoms with van der Waals surface area (Å²) in [7, 11) is 0. The minimum Gasteiger partial charge on any atom is -0.376 e. The highest BCUT2D eigenvalue weighted by molar-refractivity contribution is 7.11. The highest BCUT2D eigenvalue weighted by atomic mass is 32.1. The lowest BCUT2D eigenvalue weighted by molar-refractivity contribution is 0.0432. The third-order valence-corrected chi connectivity index (χ3v) is 8.27. The number of thiazole rings is 1. The van der Waals surface area contributed by atoms with E-state index in [2.05, 4.69) is 39.0 Å². The highest BCUT2D eigenvalue weighted by Crippen LogP contribution is 2.29. The first-order chi connectivity index (χ1) is 15.2. The maximum atomic E-state index is 13.3. The summed E-state index contributed by atoms with van der Waals surface area (Å²) in [5.41, 5.74) is 5.69. The molecule has 1 aromatic heterocycles. The molecule has 0 bridgehead atoms. The number of fused-ring (bicyclic) bond motifs is 1. The molecule has 1 atom stereocenters. The van der Waals surface area contributed by atoms with Crippen LogP contribution >= 0.6 is 11.3 Å². The van der Waals surface area contributed by atoms with E-state index in [1.807, 2.05) is 6.92 Å². The largest absolute Gasteiger partial charge is 0.376 e. The lowest BCUT2D eigenvalue weighted by Gasteiger charge is -2.38. The van der Waals surface area contributed by atoms with Crippen molar-refractivity contribution in [2.24, 2.45) is 5.92 Å². The van der Waals surface area contributed by atoms with Gasteiger partial charge in [0.1, 0.15) is 4.88 Å². The molecule has 0 unspecified atom stereocenters. The number of rotatable bonds is 6. The van der Waals surface area contributed by atoms with Crippen molar-refractivity contribution in [1.82, 2.24) is 14.8 Å². The van der Waals surface area contributed by atoms with Crippen LogP contribution in [-0.4, -0.2) is 65.6 Å². The van der Waals surface area contributed by atoms with Crippen molar-refractivity contribution in [3.63, 3.8) is 0 Å². The molecule has 5 rings (SSSR count). The summed E-state index contributed by atoms with van der Waals surface area (Å²) in [6.45, 7) is 6.61. The molecule has 5 nitrogen and oxygen atoms in total. The molecule has 0 saturated carbocycles. The maximum Gasteiger partial charge on any atom is 0.265 e. The number of piperidine rings is 1. The van der Waals surface area contributed by atoms with Gasteiger partial charge < -0.3 is 9.64 Å². The second kappa shape index (κ2) is 9.39. The molecule has 0 spiro atoms. The quantitative estimate of drug-likeness (QED) is 0.684. The fourth-order valence-corrected chi connectivity index (χ4v) is 6.30. The van der Waals surface area contributed by atoms with Crippen molar-refractivity contribution < 1.29 is 9.53 Å². The van der Waals surface area contributed by atoms with Crippen LogP contribution in [0.2, 0.25) is 0 Å². The number of aryl methyl sites for hydroxylation is 1. The highest BCUT2D eigenvalue weighted by Gasteiger charge is 2.32. The Morgan fingerprint density at radius 3 is 2.52 bits per heavy atom. The zero-order valence-corrected chi connectivity index (χ0v) is 19.3. The number of ether oxygens (including phenoxy) is 1. The van der Waals surface area contributed by atoms with Crippen molar-refractivity contribution in [2.75, 3.05) is 32.8 Å². The number of hydrogen-bond donors (Lipinski definition) is 0. The Kier molecular flexibility index (Phi) is 6.39. The van der Waals surface area contributed by atoms with Crippen LogP contribution in [0.25, 0.3) is 0 Å². The number of hydrogen-bond acceptors (Lipinski definition) is 5. The molecule has 0 radical (unpaired) electrons. The zero-order chi connectivity index (χ0) is 21.2. The number of carbonyl (C=O) groups excluding carboxylic acids is 1. The van der Waals surface area contributed by atoms with Gasteiger partial charge in [-0.15, -0.1) is 11.3 Å². The van der Waals surface area contributed by atoms with Gasteiger partial charge in [-0.25, -0.2) is 4.98 Å². The van der Waals surface area contributed by atoms with E-state index in [-0.39, 0.29) is 12.0 Å². The lowest BCUT2D eigenvalue weighted by atomic mass is 9.94. The molecular weight excluding hydrogens is 406 g/mol. The SMILES string of the molecule is Cc1ncsc1C(=O)N(CC1CCN(C2Cc3ccccc3C2)CC1)C[C@H]1CCCO1. The lowest BCUT2D eigenvalue weighted by Crippen LogP contribution is -2.46. The smallest absolute Gasteiger partial charge is 0.265 e. The fourth-order valence-electron chi connectivity index (χ4n) is 5.53. The van der Waals surface area contributed by atoms with E-state index < -0.39 is 0 Å². The van der Waals surface area contributed by atoms with E-state index in [1.54, 1.807) is 5.51 Å². The maximum absolute atomic E-state index is 13.3. The topological polar surface area (TPSA) is 45.7 Å². The minimum absolute atomic E-state index is 0.143. The van der Waals surface area contributed by atoms with Crippen LogP contribution in [0.4, 0.5) is 0 Å². The first kappa shape index (κ1) is 21.1. The molecule has 2 saturated heterocycles. The molecule has 0 N–H and O–H groups in total. The molecule has 2 fully saturated rings. The van der Waals surface area contributed by atoms with Crippen molar-refractivity contribution in [1.29, 1.82) is 0 Å². The molecule has 1 amide bonds. The van der Waals surface area contributed by atoms with E-state index in [1.165, 1.54) is 48.1 Å². The Morgan fingerprint density at radius 2 is 1.90 bits per heavy atom. The van der Waals surface area contributed by atoms with E-state index in [0.29, 0.717) is 18.5 Å². The van der Waals surface area contributed by atoms with Crippen LogP contribution < -0.4 is 0 Å². The molecular formula is C25H33N3O2S. The van der Waals surface area contributed by atoms with Crippen molar-refractivity contribution in [2.45, 2.75) is 57.6 Å².